The van der Waals surface area contributed by atoms with Gasteiger partial charge >= 0.3 is 5.97 Å². The van der Waals surface area contributed by atoms with E-state index in [-0.39, 0.29) is 6.61 Å². The van der Waals surface area contributed by atoms with E-state index in [2.05, 4.69) is 24.0 Å². The van der Waals surface area contributed by atoms with E-state index < -0.39 is 11.9 Å². The number of nitrogens with one attached hydrogen (secondary N) is 1. The van der Waals surface area contributed by atoms with Gasteiger partial charge in [-0.2, -0.15) is 5.26 Å². The Labute approximate surface area is 139 Å². The van der Waals surface area contributed by atoms with Crippen molar-refractivity contribution in [2.75, 3.05) is 6.61 Å². The predicted molar refractivity (Wildman–Crippen MR) is 88.3 cm³/mol. The molecule has 0 radical (unpaired) electrons. The number of carbonyl (C=O) groups is 1. The third kappa shape index (κ3) is 3.13. The first-order valence-corrected chi connectivity index (χ1v) is 7.55. The van der Waals surface area contributed by atoms with Gasteiger partial charge in [0.05, 0.1) is 34.8 Å². The molecule has 22 heavy (non-hydrogen) atoms. The van der Waals surface area contributed by atoms with Crippen LogP contribution in [0.2, 0.25) is 5.02 Å². The van der Waals surface area contributed by atoms with Crippen LogP contribution in [0.25, 0.3) is 0 Å². The molecule has 4 nitrogen and oxygen atoms in total. The topological polar surface area (TPSA) is 62.1 Å². The van der Waals surface area contributed by atoms with Gasteiger partial charge < -0.3 is 10.1 Å². The van der Waals surface area contributed by atoms with Gasteiger partial charge in [0.15, 0.2) is 0 Å². The van der Waals surface area contributed by atoms with E-state index in [4.69, 9.17) is 16.3 Å². The van der Waals surface area contributed by atoms with Crippen molar-refractivity contribution in [2.24, 2.45) is 0 Å². The Hall–Kier alpha value is -1.90. The number of dihydropyridines is 1. The molecular formula is C16H15ClN2O2S. The molecule has 0 aromatic heterocycles. The summed E-state index contributed by atoms with van der Waals surface area (Å²) >= 11 is 10.2. The molecule has 1 aliphatic rings. The molecule has 1 atom stereocenters. The van der Waals surface area contributed by atoms with Crippen LogP contribution in [0.15, 0.2) is 46.1 Å². The molecule has 1 unspecified atom stereocenters. The van der Waals surface area contributed by atoms with Crippen LogP contribution in [-0.4, -0.2) is 12.6 Å². The van der Waals surface area contributed by atoms with Crippen LogP contribution in [0.1, 0.15) is 25.3 Å². The second kappa shape index (κ2) is 6.91. The van der Waals surface area contributed by atoms with Crippen molar-refractivity contribution in [3.05, 3.63) is 56.7 Å². The highest BCUT2D eigenvalue weighted by Crippen LogP contribution is 2.39. The number of hydrogen-bond donors (Lipinski definition) is 2. The van der Waals surface area contributed by atoms with Gasteiger partial charge in [0.25, 0.3) is 0 Å². The summed E-state index contributed by atoms with van der Waals surface area (Å²) in [5, 5.41) is 13.4. The summed E-state index contributed by atoms with van der Waals surface area (Å²) < 4.78 is 5.14. The highest BCUT2D eigenvalue weighted by atomic mass is 35.5. The molecule has 1 aromatic rings. The van der Waals surface area contributed by atoms with E-state index in [1.807, 2.05) is 0 Å². The maximum absolute atomic E-state index is 12.3. The molecule has 0 saturated heterocycles. The average Bonchev–Trinajstić information content (AvgIpc) is 2.47. The summed E-state index contributed by atoms with van der Waals surface area (Å²) in [6.45, 7) is 3.77. The fraction of sp³-hybridized carbons (Fsp3) is 0.250. The first-order chi connectivity index (χ1) is 10.5. The van der Waals surface area contributed by atoms with E-state index in [1.54, 1.807) is 38.1 Å². The van der Waals surface area contributed by atoms with Gasteiger partial charge in [0.2, 0.25) is 0 Å². The number of thiol groups is 1. The Bertz CT molecular complexity index is 702. The maximum Gasteiger partial charge on any atom is 0.336 e. The van der Waals surface area contributed by atoms with Crippen LogP contribution < -0.4 is 5.32 Å². The Kier molecular flexibility index (Phi) is 5.17. The first-order valence-electron chi connectivity index (χ1n) is 6.73. The standard InChI is InChI=1S/C16H15ClN2O2S/c1-3-21-16(20)13-9(2)19-15(22)12(8-18)14(13)10-4-6-11(17)7-5-10/h4-7,14,19,22H,3H2,1-2H3. The maximum atomic E-state index is 12.3. The van der Waals surface area contributed by atoms with E-state index in [0.29, 0.717) is 26.9 Å². The minimum atomic E-state index is -0.518. The zero-order chi connectivity index (χ0) is 16.3. The van der Waals surface area contributed by atoms with Crippen LogP contribution in [0.5, 0.6) is 0 Å². The van der Waals surface area contributed by atoms with E-state index in [0.717, 1.165) is 5.56 Å². The normalized spacial score (nSPS) is 17.9. The van der Waals surface area contributed by atoms with E-state index >= 15 is 0 Å². The van der Waals surface area contributed by atoms with E-state index in [9.17, 15) is 10.1 Å². The van der Waals surface area contributed by atoms with Gasteiger partial charge in [-0.25, -0.2) is 4.79 Å². The number of allylic oxidation sites excluding steroid dienone is 2. The number of ether oxygens (including phenoxy) is 1. The summed E-state index contributed by atoms with van der Waals surface area (Å²) in [4.78, 5) is 12.3. The van der Waals surface area contributed by atoms with Crippen LogP contribution in [0.3, 0.4) is 0 Å². The van der Waals surface area contributed by atoms with Gasteiger partial charge in [-0.1, -0.05) is 23.7 Å². The quantitative estimate of drug-likeness (QED) is 0.655. The Morgan fingerprint density at radius 3 is 2.64 bits per heavy atom. The molecule has 0 bridgehead atoms. The second-order valence-corrected chi connectivity index (χ2v) is 5.63. The first kappa shape index (κ1) is 16.5. The predicted octanol–water partition coefficient (Wildman–Crippen LogP) is 3.53. The Balaban J connectivity index is 2.59. The summed E-state index contributed by atoms with van der Waals surface area (Å²) in [7, 11) is 0. The number of esters is 1. The molecule has 114 valence electrons. The molecule has 0 aliphatic carbocycles. The zero-order valence-electron chi connectivity index (χ0n) is 12.2. The van der Waals surface area contributed by atoms with Crippen molar-refractivity contribution in [1.82, 2.24) is 5.32 Å². The van der Waals surface area contributed by atoms with Gasteiger partial charge in [-0.3, -0.25) is 0 Å². The molecule has 1 aromatic carbocycles. The molecular weight excluding hydrogens is 320 g/mol. The van der Waals surface area contributed by atoms with Crippen LogP contribution in [-0.2, 0) is 9.53 Å². The third-order valence-electron chi connectivity index (χ3n) is 3.36. The number of carbonyl (C=O) groups excluding carboxylic acids is 1. The molecule has 2 rings (SSSR count). The SMILES string of the molecule is CCOC(=O)C1=C(C)NC(S)=C(C#N)C1c1ccc(Cl)cc1. The minimum absolute atomic E-state index is 0.266. The van der Waals surface area contributed by atoms with Gasteiger partial charge in [0, 0.05) is 10.7 Å². The van der Waals surface area contributed by atoms with Crippen LogP contribution >= 0.6 is 24.2 Å². The number of halogens is 1. The molecule has 6 heteroatoms. The molecule has 0 spiro atoms. The summed E-state index contributed by atoms with van der Waals surface area (Å²) in [5.74, 6) is -0.962. The highest BCUT2D eigenvalue weighted by molar-refractivity contribution is 7.84. The van der Waals surface area contributed by atoms with Crippen LogP contribution in [0, 0.1) is 11.3 Å². The molecule has 0 saturated carbocycles. The number of rotatable bonds is 3. The van der Waals surface area contributed by atoms with Gasteiger partial charge in [0.1, 0.15) is 0 Å². The molecule has 0 fully saturated rings. The van der Waals surface area contributed by atoms with Crippen molar-refractivity contribution < 1.29 is 9.53 Å². The third-order valence-corrected chi connectivity index (χ3v) is 3.97. The lowest BCUT2D eigenvalue weighted by molar-refractivity contribution is -0.138. The van der Waals surface area contributed by atoms with Crippen molar-refractivity contribution >= 4 is 30.2 Å². The molecule has 1 heterocycles. The molecule has 1 N–H and O–H groups in total. The van der Waals surface area contributed by atoms with Crippen molar-refractivity contribution in [3.8, 4) is 6.07 Å². The highest BCUT2D eigenvalue weighted by Gasteiger charge is 2.34. The van der Waals surface area contributed by atoms with Gasteiger partial charge in [-0.15, -0.1) is 12.6 Å². The van der Waals surface area contributed by atoms with Crippen molar-refractivity contribution in [1.29, 1.82) is 5.26 Å². The lowest BCUT2D eigenvalue weighted by atomic mass is 9.82. The lowest BCUT2D eigenvalue weighted by Gasteiger charge is -2.27. The van der Waals surface area contributed by atoms with Gasteiger partial charge in [-0.05, 0) is 31.5 Å². The fourth-order valence-corrected chi connectivity index (χ4v) is 2.87. The van der Waals surface area contributed by atoms with E-state index in [1.165, 1.54) is 0 Å². The number of nitriles is 1. The molecule has 1 aliphatic heterocycles. The van der Waals surface area contributed by atoms with Crippen molar-refractivity contribution in [2.45, 2.75) is 19.8 Å². The average molecular weight is 335 g/mol. The summed E-state index contributed by atoms with van der Waals surface area (Å²) in [6, 6.07) is 9.17. The number of benzene rings is 1. The Morgan fingerprint density at radius 1 is 1.45 bits per heavy atom. The zero-order valence-corrected chi connectivity index (χ0v) is 13.8. The fourth-order valence-electron chi connectivity index (χ4n) is 2.40. The smallest absolute Gasteiger partial charge is 0.336 e. The summed E-state index contributed by atoms with van der Waals surface area (Å²) in [5.41, 5.74) is 2.21. The second-order valence-electron chi connectivity index (χ2n) is 4.74. The monoisotopic (exact) mass is 334 g/mol. The number of nitrogens with zero attached hydrogens (tertiary/aromatic N) is 1. The largest absolute Gasteiger partial charge is 0.463 e. The van der Waals surface area contributed by atoms with Crippen LogP contribution in [0.4, 0.5) is 0 Å². The minimum Gasteiger partial charge on any atom is -0.463 e. The number of hydrogen-bond acceptors (Lipinski definition) is 5. The van der Waals surface area contributed by atoms with Crippen molar-refractivity contribution in [3.63, 3.8) is 0 Å². The Morgan fingerprint density at radius 2 is 2.09 bits per heavy atom. The molecule has 0 amide bonds. The lowest BCUT2D eigenvalue weighted by Crippen LogP contribution is -2.28. The summed E-state index contributed by atoms with van der Waals surface area (Å²) in [6.07, 6.45) is 0.